The highest BCUT2D eigenvalue weighted by Gasteiger charge is 2.43. The first-order valence-corrected chi connectivity index (χ1v) is 9.18. The summed E-state index contributed by atoms with van der Waals surface area (Å²) in [5.41, 5.74) is 3.59. The number of para-hydroxylation sites is 1. The number of nitrogens with zero attached hydrogens (tertiary/aromatic N) is 2. The Hall–Kier alpha value is -2.73. The first kappa shape index (κ1) is 17.7. The second kappa shape index (κ2) is 6.78. The molecule has 27 heavy (non-hydrogen) atoms. The maximum atomic E-state index is 13.0. The van der Waals surface area contributed by atoms with E-state index in [9.17, 15) is 9.59 Å². The summed E-state index contributed by atoms with van der Waals surface area (Å²) in [7, 11) is 3.31. The number of halogens is 1. The molecule has 0 saturated carbocycles. The molecular formula is C20H20ClN3O3. The third-order valence-corrected chi connectivity index (χ3v) is 5.50. The fourth-order valence-corrected chi connectivity index (χ4v) is 4.21. The van der Waals surface area contributed by atoms with Crippen molar-refractivity contribution in [2.24, 2.45) is 0 Å². The van der Waals surface area contributed by atoms with Crippen LogP contribution in [0.1, 0.15) is 24.4 Å². The molecule has 0 aromatic heterocycles. The number of anilines is 3. The third kappa shape index (κ3) is 2.90. The van der Waals surface area contributed by atoms with Gasteiger partial charge in [0.2, 0.25) is 5.91 Å². The van der Waals surface area contributed by atoms with E-state index in [-0.39, 0.29) is 18.0 Å². The Kier molecular flexibility index (Phi) is 4.44. The predicted octanol–water partition coefficient (Wildman–Crippen LogP) is 4.01. The first-order valence-electron chi connectivity index (χ1n) is 8.80. The van der Waals surface area contributed by atoms with Gasteiger partial charge in [-0.15, -0.1) is 0 Å². The summed E-state index contributed by atoms with van der Waals surface area (Å²) < 4.78 is 4.80. The molecule has 0 aliphatic carbocycles. The topological polar surface area (TPSA) is 61.9 Å². The van der Waals surface area contributed by atoms with Crippen LogP contribution in [0.5, 0.6) is 0 Å². The molecule has 0 bridgehead atoms. The summed E-state index contributed by atoms with van der Waals surface area (Å²) in [6.45, 7) is 0. The van der Waals surface area contributed by atoms with Crippen molar-refractivity contribution in [2.75, 3.05) is 24.0 Å². The average Bonchev–Trinajstić information content (AvgIpc) is 2.78. The zero-order valence-corrected chi connectivity index (χ0v) is 15.9. The lowest BCUT2D eigenvalue weighted by molar-refractivity contribution is -0.120. The molecule has 2 aliphatic rings. The highest BCUT2D eigenvalue weighted by atomic mass is 35.5. The number of hydrogen-bond acceptors (Lipinski definition) is 4. The maximum Gasteiger partial charge on any atom is 0.407 e. The summed E-state index contributed by atoms with van der Waals surface area (Å²) in [6, 6.07) is 12.9. The fraction of sp³-hybridized carbons (Fsp3) is 0.300. The summed E-state index contributed by atoms with van der Waals surface area (Å²) in [5, 5.41) is 3.47. The molecule has 1 fully saturated rings. The standard InChI is InChI=1S/C20H20ClN3O3/c1-23-15-6-4-3-5-13(15)19-14(22-20(26)27-2)8-10-18(25)24(19)17-11-12(21)7-9-16(17)23/h3-7,9,11,14,19H,8,10H2,1-2H3,(H,22,26)/t14-,19+/m1/s1. The van der Waals surface area contributed by atoms with Crippen LogP contribution in [0, 0.1) is 0 Å². The van der Waals surface area contributed by atoms with Crippen molar-refractivity contribution in [3.8, 4) is 0 Å². The highest BCUT2D eigenvalue weighted by Crippen LogP contribution is 2.48. The molecule has 7 heteroatoms. The van der Waals surface area contributed by atoms with E-state index in [1.807, 2.05) is 49.5 Å². The number of nitrogens with one attached hydrogen (secondary N) is 1. The van der Waals surface area contributed by atoms with Crippen LogP contribution in [0.3, 0.4) is 0 Å². The van der Waals surface area contributed by atoms with Crippen molar-refractivity contribution in [1.82, 2.24) is 5.32 Å². The van der Waals surface area contributed by atoms with Crippen molar-refractivity contribution in [2.45, 2.75) is 24.9 Å². The summed E-state index contributed by atoms with van der Waals surface area (Å²) in [6.07, 6.45) is 0.377. The maximum absolute atomic E-state index is 13.0. The zero-order chi connectivity index (χ0) is 19.1. The SMILES string of the molecule is COC(=O)N[C@@H]1CCC(=O)N2c3cc(Cl)ccc3N(C)c3ccccc3[C@@H]12. The smallest absolute Gasteiger partial charge is 0.407 e. The van der Waals surface area contributed by atoms with Gasteiger partial charge in [-0.1, -0.05) is 29.8 Å². The Balaban J connectivity index is 1.94. The summed E-state index contributed by atoms with van der Waals surface area (Å²) in [5.74, 6) is 0.0107. The van der Waals surface area contributed by atoms with Crippen LogP contribution in [-0.4, -0.2) is 32.2 Å². The van der Waals surface area contributed by atoms with E-state index < -0.39 is 6.09 Å². The molecule has 2 aromatic rings. The van der Waals surface area contributed by atoms with E-state index in [2.05, 4.69) is 10.2 Å². The molecule has 2 atom stereocenters. The lowest BCUT2D eigenvalue weighted by Gasteiger charge is -2.41. The van der Waals surface area contributed by atoms with E-state index in [0.29, 0.717) is 17.9 Å². The summed E-state index contributed by atoms with van der Waals surface area (Å²) in [4.78, 5) is 28.8. The van der Waals surface area contributed by atoms with Crippen molar-refractivity contribution in [3.63, 3.8) is 0 Å². The van der Waals surface area contributed by atoms with Crippen molar-refractivity contribution >= 4 is 40.7 Å². The average molecular weight is 386 g/mol. The van der Waals surface area contributed by atoms with Crippen LogP contribution in [0.2, 0.25) is 5.02 Å². The normalized spacial score (nSPS) is 20.9. The Labute approximate surface area is 162 Å². The molecule has 1 N–H and O–H groups in total. The van der Waals surface area contributed by atoms with E-state index in [1.54, 1.807) is 4.90 Å². The molecule has 2 aliphatic heterocycles. The first-order chi connectivity index (χ1) is 13.0. The summed E-state index contributed by atoms with van der Waals surface area (Å²) >= 11 is 6.26. The minimum atomic E-state index is -0.504. The van der Waals surface area contributed by atoms with Crippen molar-refractivity contribution in [1.29, 1.82) is 0 Å². The van der Waals surface area contributed by atoms with Crippen molar-refractivity contribution < 1.29 is 14.3 Å². The molecule has 1 saturated heterocycles. The zero-order valence-electron chi connectivity index (χ0n) is 15.1. The second-order valence-corrected chi connectivity index (χ2v) is 7.18. The highest BCUT2D eigenvalue weighted by molar-refractivity contribution is 6.31. The van der Waals surface area contributed by atoms with Gasteiger partial charge in [-0.3, -0.25) is 4.79 Å². The molecular weight excluding hydrogens is 366 g/mol. The monoisotopic (exact) mass is 385 g/mol. The molecule has 0 radical (unpaired) electrons. The van der Waals surface area contributed by atoms with E-state index in [1.165, 1.54) is 7.11 Å². The van der Waals surface area contributed by atoms with Crippen LogP contribution >= 0.6 is 11.6 Å². The Morgan fingerprint density at radius 3 is 2.74 bits per heavy atom. The molecule has 2 heterocycles. The van der Waals surface area contributed by atoms with Crippen LogP contribution in [0.15, 0.2) is 42.5 Å². The van der Waals surface area contributed by atoms with Gasteiger partial charge in [-0.2, -0.15) is 0 Å². The number of rotatable bonds is 1. The Morgan fingerprint density at radius 2 is 1.96 bits per heavy atom. The number of fused-ring (bicyclic) bond motifs is 5. The second-order valence-electron chi connectivity index (χ2n) is 6.74. The van der Waals surface area contributed by atoms with Crippen LogP contribution < -0.4 is 15.1 Å². The van der Waals surface area contributed by atoms with Crippen LogP contribution in [0.4, 0.5) is 21.9 Å². The number of piperidine rings is 1. The number of carbonyl (C=O) groups is 2. The van der Waals surface area contributed by atoms with Gasteiger partial charge >= 0.3 is 6.09 Å². The van der Waals surface area contributed by atoms with E-state index in [0.717, 1.165) is 22.6 Å². The van der Waals surface area contributed by atoms with Gasteiger partial charge < -0.3 is 19.9 Å². The lowest BCUT2D eigenvalue weighted by Crippen LogP contribution is -2.52. The Bertz CT molecular complexity index is 917. The number of ether oxygens (including phenoxy) is 1. The van der Waals surface area contributed by atoms with E-state index >= 15 is 0 Å². The lowest BCUT2D eigenvalue weighted by atomic mass is 9.89. The van der Waals surface area contributed by atoms with Gasteiger partial charge in [-0.25, -0.2) is 4.79 Å². The van der Waals surface area contributed by atoms with Crippen LogP contribution in [0.25, 0.3) is 0 Å². The quantitative estimate of drug-likeness (QED) is 0.805. The molecule has 6 nitrogen and oxygen atoms in total. The van der Waals surface area contributed by atoms with Gasteiger partial charge in [0.15, 0.2) is 0 Å². The number of hydrogen-bond donors (Lipinski definition) is 1. The van der Waals surface area contributed by atoms with Crippen LogP contribution in [-0.2, 0) is 9.53 Å². The molecule has 0 spiro atoms. The Morgan fingerprint density at radius 1 is 1.19 bits per heavy atom. The molecule has 0 unspecified atom stereocenters. The van der Waals surface area contributed by atoms with Gasteiger partial charge in [0.1, 0.15) is 0 Å². The predicted molar refractivity (Wildman–Crippen MR) is 105 cm³/mol. The van der Waals surface area contributed by atoms with Crippen molar-refractivity contribution in [3.05, 3.63) is 53.1 Å². The minimum absolute atomic E-state index is 0.0107. The van der Waals surface area contributed by atoms with Gasteiger partial charge in [0.05, 0.1) is 30.6 Å². The number of methoxy groups -OCH3 is 1. The van der Waals surface area contributed by atoms with Gasteiger partial charge in [-0.05, 0) is 30.7 Å². The number of amides is 2. The minimum Gasteiger partial charge on any atom is -0.453 e. The third-order valence-electron chi connectivity index (χ3n) is 5.26. The fourth-order valence-electron chi connectivity index (χ4n) is 4.04. The van der Waals surface area contributed by atoms with Gasteiger partial charge in [0.25, 0.3) is 0 Å². The number of carbonyl (C=O) groups excluding carboxylic acids is 2. The van der Waals surface area contributed by atoms with Gasteiger partial charge in [0, 0.05) is 29.7 Å². The largest absolute Gasteiger partial charge is 0.453 e. The molecule has 2 aromatic carbocycles. The molecule has 140 valence electrons. The number of alkyl carbamates (subject to hydrolysis) is 1. The molecule has 2 amide bonds. The molecule has 4 rings (SSSR count). The number of benzene rings is 2. The van der Waals surface area contributed by atoms with E-state index in [4.69, 9.17) is 16.3 Å².